The molecule has 0 aliphatic carbocycles. The quantitative estimate of drug-likeness (QED) is 0.356. The van der Waals surface area contributed by atoms with Crippen molar-refractivity contribution in [1.29, 1.82) is 0 Å². The van der Waals surface area contributed by atoms with E-state index in [2.05, 4.69) is 31.1 Å². The molecule has 0 aromatic heterocycles. The molecule has 0 aliphatic rings. The van der Waals surface area contributed by atoms with Gasteiger partial charge in [-0.2, -0.15) is 0 Å². The van der Waals surface area contributed by atoms with Crippen LogP contribution in [0.2, 0.25) is 0 Å². The van der Waals surface area contributed by atoms with E-state index in [9.17, 15) is 0 Å². The first kappa shape index (κ1) is 9.88. The van der Waals surface area contributed by atoms with Crippen molar-refractivity contribution in [2.24, 2.45) is 0 Å². The first-order valence-electron chi connectivity index (χ1n) is 0.400. The van der Waals surface area contributed by atoms with Gasteiger partial charge in [0.05, 0.1) is 0 Å². The molecule has 0 radical (unpaired) electrons. The first-order valence-corrected chi connectivity index (χ1v) is 5.67. The Morgan fingerprint density at radius 3 is 1.75 bits per heavy atom. The van der Waals surface area contributed by atoms with E-state index in [0.717, 1.165) is 5.96 Å². The predicted octanol–water partition coefficient (Wildman–Crippen LogP) is -0.974. The normalized spacial score (nSPS) is 7.50. The van der Waals surface area contributed by atoms with Gasteiger partial charge in [0.1, 0.15) is 0 Å². The summed E-state index contributed by atoms with van der Waals surface area (Å²) in [6.45, 7) is 0. The van der Waals surface area contributed by atoms with Crippen molar-refractivity contribution in [1.82, 2.24) is 0 Å². The van der Waals surface area contributed by atoms with Crippen molar-refractivity contribution in [3.63, 3.8) is 0 Å². The summed E-state index contributed by atoms with van der Waals surface area (Å²) in [5, 5.41) is 0. The SMILES string of the molecule is [CaH2].[Fe][PH][SeH]. The maximum absolute atomic E-state index is 3.49. The van der Waals surface area contributed by atoms with E-state index in [1.54, 1.807) is 0 Å². The Morgan fingerprint density at radius 2 is 1.75 bits per heavy atom. The molecular weight excluding hydrogens is 206 g/mol. The molecular formula is H4CaFePSe. The summed E-state index contributed by atoms with van der Waals surface area (Å²) in [7, 11) is 0. The summed E-state index contributed by atoms with van der Waals surface area (Å²) in [4.78, 5) is 0. The molecule has 4 heavy (non-hydrogen) atoms. The van der Waals surface area contributed by atoms with Gasteiger partial charge in [0.25, 0.3) is 0 Å². The molecule has 0 amide bonds. The van der Waals surface area contributed by atoms with Gasteiger partial charge >= 0.3 is 74.8 Å². The molecule has 0 nitrogen and oxygen atoms in total. The Kier molecular flexibility index (Phi) is 22.7. The summed E-state index contributed by atoms with van der Waals surface area (Å²) >= 11 is 5.87. The molecule has 0 fully saturated rings. The zero-order valence-corrected chi connectivity index (χ0v) is 5.28. The van der Waals surface area contributed by atoms with Gasteiger partial charge in [-0.3, -0.25) is 0 Å². The van der Waals surface area contributed by atoms with E-state index >= 15 is 0 Å². The van der Waals surface area contributed by atoms with E-state index in [1.807, 2.05) is 0 Å². The molecule has 0 spiro atoms. The zero-order chi connectivity index (χ0) is 2.71. The number of hydrogen-bond donors (Lipinski definition) is 0. The van der Waals surface area contributed by atoms with Crippen LogP contribution in [0.4, 0.5) is 0 Å². The van der Waals surface area contributed by atoms with E-state index in [4.69, 9.17) is 0 Å². The fraction of sp³-hybridized carbons (Fsp3) is 0. The second-order valence-electron chi connectivity index (χ2n) is 0.0791. The Labute approximate surface area is 73.5 Å². The molecule has 0 bridgehead atoms. The van der Waals surface area contributed by atoms with Crippen LogP contribution in [0.3, 0.4) is 0 Å². The van der Waals surface area contributed by atoms with E-state index in [-0.39, 0.29) is 37.7 Å². The van der Waals surface area contributed by atoms with E-state index < -0.39 is 0 Å². The molecule has 1 atom stereocenters. The van der Waals surface area contributed by atoms with Gasteiger partial charge in [-0.1, -0.05) is 0 Å². The minimum absolute atomic E-state index is 0. The van der Waals surface area contributed by atoms with Crippen LogP contribution >= 0.6 is 5.96 Å². The Bertz CT molecular complexity index is 8.00. The second-order valence-corrected chi connectivity index (χ2v) is 5.08. The molecule has 0 rings (SSSR count). The van der Waals surface area contributed by atoms with Crippen LogP contribution in [0.25, 0.3) is 0 Å². The van der Waals surface area contributed by atoms with Gasteiger partial charge in [0.2, 0.25) is 0 Å². The van der Waals surface area contributed by atoms with Crippen LogP contribution in [0.5, 0.6) is 0 Å². The molecule has 0 N–H and O–H groups in total. The summed E-state index contributed by atoms with van der Waals surface area (Å²) in [6, 6.07) is 0. The molecule has 0 aromatic carbocycles. The van der Waals surface area contributed by atoms with E-state index in [1.165, 1.54) is 0 Å². The molecule has 4 heteroatoms. The molecule has 25 valence electrons. The molecule has 0 heterocycles. The molecule has 0 saturated carbocycles. The third-order valence-corrected chi connectivity index (χ3v) is 0. The summed E-state index contributed by atoms with van der Waals surface area (Å²) in [5.74, 6) is 0.771. The van der Waals surface area contributed by atoms with Gasteiger partial charge in [0.15, 0.2) is 0 Å². The van der Waals surface area contributed by atoms with Gasteiger partial charge in [-0.25, -0.2) is 0 Å². The van der Waals surface area contributed by atoms with Crippen molar-refractivity contribution in [2.45, 2.75) is 0 Å². The van der Waals surface area contributed by atoms with Crippen molar-refractivity contribution in [3.05, 3.63) is 0 Å². The topological polar surface area (TPSA) is 0 Å². The fourth-order valence-corrected chi connectivity index (χ4v) is 0. The third-order valence-electron chi connectivity index (χ3n) is 0. The van der Waals surface area contributed by atoms with Gasteiger partial charge in [-0.05, 0) is 0 Å². The molecule has 0 aromatic rings. The van der Waals surface area contributed by atoms with Crippen molar-refractivity contribution < 1.29 is 15.6 Å². The van der Waals surface area contributed by atoms with E-state index in [0.29, 0.717) is 0 Å². The second kappa shape index (κ2) is 9.21. The van der Waals surface area contributed by atoms with Crippen LogP contribution < -0.4 is 0 Å². The first-order chi connectivity index (χ1) is 1.41. The number of hydrogen-bond acceptors (Lipinski definition) is 0. The summed E-state index contributed by atoms with van der Waals surface area (Å²) < 4.78 is 0. The Hall–Kier alpha value is 2.73. The van der Waals surface area contributed by atoms with Gasteiger partial charge in [0, 0.05) is 0 Å². The van der Waals surface area contributed by atoms with Gasteiger partial charge in [-0.15, -0.1) is 0 Å². The minimum atomic E-state index is 0. The Balaban J connectivity index is 0. The predicted molar refractivity (Wildman–Crippen MR) is 24.0 cm³/mol. The average Bonchev–Trinajstić information content (AvgIpc) is 0.918. The third kappa shape index (κ3) is 8.83. The number of rotatable bonds is 0. The van der Waals surface area contributed by atoms with Crippen molar-refractivity contribution in [3.8, 4) is 0 Å². The Morgan fingerprint density at radius 1 is 1.75 bits per heavy atom. The molecule has 0 saturated heterocycles. The summed E-state index contributed by atoms with van der Waals surface area (Å²) in [5.41, 5.74) is 0. The van der Waals surface area contributed by atoms with Crippen LogP contribution in [0.15, 0.2) is 0 Å². The maximum atomic E-state index is 3.49. The van der Waals surface area contributed by atoms with Gasteiger partial charge < -0.3 is 0 Å². The van der Waals surface area contributed by atoms with Crippen LogP contribution in [0, 0.1) is 0 Å². The van der Waals surface area contributed by atoms with Crippen LogP contribution in [-0.4, -0.2) is 53.3 Å². The average molecular weight is 210 g/mol. The van der Waals surface area contributed by atoms with Crippen molar-refractivity contribution >= 4 is 59.3 Å². The molecule has 1 unspecified atom stereocenters. The van der Waals surface area contributed by atoms with Crippen LogP contribution in [0.1, 0.15) is 0 Å². The molecule has 0 aliphatic heterocycles. The monoisotopic (exact) mass is 211 g/mol. The van der Waals surface area contributed by atoms with Crippen LogP contribution in [-0.2, 0) is 15.6 Å². The van der Waals surface area contributed by atoms with Crippen molar-refractivity contribution in [2.75, 3.05) is 0 Å². The standard InChI is InChI=1S/Ca.Fe.H2PSe.2H/c;;1-2;;/h;;1-2H;;/q;+1;-1;;. The fourth-order valence-electron chi connectivity index (χ4n) is 0. The summed E-state index contributed by atoms with van der Waals surface area (Å²) in [6.07, 6.45) is 0. The zero-order valence-electron chi connectivity index (χ0n) is 1.30.